The molecule has 3 rings (SSSR count). The van der Waals surface area contributed by atoms with Crippen molar-refractivity contribution in [2.75, 3.05) is 7.11 Å². The van der Waals surface area contributed by atoms with E-state index in [2.05, 4.69) is 46.0 Å². The number of hydrogen-bond donors (Lipinski definition) is 1. The first-order valence-corrected chi connectivity index (χ1v) is 7.81. The monoisotopic (exact) mass is 298 g/mol. The molecule has 0 aliphatic carbocycles. The maximum atomic E-state index is 5.25. The maximum Gasteiger partial charge on any atom is 0.119 e. The Labute approximate surface area is 128 Å². The fourth-order valence-electron chi connectivity index (χ4n) is 2.33. The zero-order valence-electron chi connectivity index (χ0n) is 12.2. The van der Waals surface area contributed by atoms with Gasteiger partial charge < -0.3 is 10.1 Å². The van der Waals surface area contributed by atoms with Crippen molar-refractivity contribution in [2.45, 2.75) is 20.0 Å². The number of thiazole rings is 1. The first kappa shape index (κ1) is 14.0. The fourth-order valence-corrected chi connectivity index (χ4v) is 2.95. The largest absolute Gasteiger partial charge is 0.497 e. The number of hydrogen-bond acceptors (Lipinski definition) is 4. The summed E-state index contributed by atoms with van der Waals surface area (Å²) in [5, 5.41) is 9.10. The van der Waals surface area contributed by atoms with Gasteiger partial charge in [-0.3, -0.25) is 0 Å². The summed E-state index contributed by atoms with van der Waals surface area (Å²) in [7, 11) is 1.69. The van der Waals surface area contributed by atoms with Gasteiger partial charge in [-0.1, -0.05) is 18.2 Å². The second-order valence-electron chi connectivity index (χ2n) is 5.01. The molecule has 0 aliphatic rings. The van der Waals surface area contributed by atoms with Crippen molar-refractivity contribution in [3.8, 4) is 5.75 Å². The van der Waals surface area contributed by atoms with Crippen molar-refractivity contribution >= 4 is 22.1 Å². The molecule has 1 aromatic heterocycles. The number of aryl methyl sites for hydroxylation is 1. The van der Waals surface area contributed by atoms with Crippen molar-refractivity contribution in [3.05, 3.63) is 58.0 Å². The SMILES string of the molecule is COc1ccc2cc(CNCc3csc(C)n3)ccc2c1. The third-order valence-corrected chi connectivity index (χ3v) is 4.24. The van der Waals surface area contributed by atoms with Gasteiger partial charge in [0.1, 0.15) is 5.75 Å². The normalized spacial score (nSPS) is 11.0. The third kappa shape index (κ3) is 3.40. The van der Waals surface area contributed by atoms with E-state index in [1.807, 2.05) is 13.0 Å². The Balaban J connectivity index is 1.67. The molecule has 2 aromatic carbocycles. The minimum absolute atomic E-state index is 0.811. The van der Waals surface area contributed by atoms with Gasteiger partial charge in [-0.2, -0.15) is 0 Å². The van der Waals surface area contributed by atoms with Crippen LogP contribution in [0.1, 0.15) is 16.3 Å². The third-order valence-electron chi connectivity index (χ3n) is 3.41. The van der Waals surface area contributed by atoms with Crippen LogP contribution in [0.25, 0.3) is 10.8 Å². The summed E-state index contributed by atoms with van der Waals surface area (Å²) in [4.78, 5) is 4.45. The molecule has 0 saturated heterocycles. The van der Waals surface area contributed by atoms with Crippen LogP contribution in [-0.4, -0.2) is 12.1 Å². The summed E-state index contributed by atoms with van der Waals surface area (Å²) in [6.45, 7) is 3.69. The molecule has 0 spiro atoms. The van der Waals surface area contributed by atoms with Crippen molar-refractivity contribution < 1.29 is 4.74 Å². The average Bonchev–Trinajstić information content (AvgIpc) is 2.92. The maximum absolute atomic E-state index is 5.25. The topological polar surface area (TPSA) is 34.1 Å². The van der Waals surface area contributed by atoms with Crippen molar-refractivity contribution in [1.29, 1.82) is 0 Å². The Morgan fingerprint density at radius 3 is 2.67 bits per heavy atom. The van der Waals surface area contributed by atoms with Crippen LogP contribution in [-0.2, 0) is 13.1 Å². The minimum atomic E-state index is 0.811. The predicted octanol–water partition coefficient (Wildman–Crippen LogP) is 3.90. The van der Waals surface area contributed by atoms with Crippen molar-refractivity contribution in [3.63, 3.8) is 0 Å². The standard InChI is InChI=1S/C17H18N2OS/c1-12-19-16(11-21-12)10-18-9-13-3-4-15-8-17(20-2)6-5-14(15)7-13/h3-8,11,18H,9-10H2,1-2H3. The van der Waals surface area contributed by atoms with E-state index >= 15 is 0 Å². The lowest BCUT2D eigenvalue weighted by molar-refractivity contribution is 0.415. The Kier molecular flexibility index (Phi) is 4.18. The highest BCUT2D eigenvalue weighted by Gasteiger charge is 2.01. The Morgan fingerprint density at radius 2 is 1.90 bits per heavy atom. The van der Waals surface area contributed by atoms with E-state index in [9.17, 15) is 0 Å². The molecule has 0 bridgehead atoms. The molecule has 3 nitrogen and oxygen atoms in total. The molecule has 1 heterocycles. The summed E-state index contributed by atoms with van der Waals surface area (Å²) in [5.41, 5.74) is 2.39. The first-order chi connectivity index (χ1) is 10.2. The molecule has 0 atom stereocenters. The van der Waals surface area contributed by atoms with Gasteiger partial charge in [-0.15, -0.1) is 11.3 Å². The van der Waals surface area contributed by atoms with Crippen molar-refractivity contribution in [1.82, 2.24) is 10.3 Å². The lowest BCUT2D eigenvalue weighted by atomic mass is 10.1. The summed E-state index contributed by atoms with van der Waals surface area (Å²) in [6.07, 6.45) is 0. The van der Waals surface area contributed by atoms with Crippen LogP contribution < -0.4 is 10.1 Å². The Morgan fingerprint density at radius 1 is 1.10 bits per heavy atom. The van der Waals surface area contributed by atoms with Crippen LogP contribution in [0.2, 0.25) is 0 Å². The second-order valence-corrected chi connectivity index (χ2v) is 6.07. The van der Waals surface area contributed by atoms with Crippen LogP contribution >= 0.6 is 11.3 Å². The van der Waals surface area contributed by atoms with E-state index < -0.39 is 0 Å². The molecular weight excluding hydrogens is 280 g/mol. The van der Waals surface area contributed by atoms with Crippen LogP contribution in [0, 0.1) is 6.92 Å². The van der Waals surface area contributed by atoms with E-state index in [4.69, 9.17) is 4.74 Å². The minimum Gasteiger partial charge on any atom is -0.497 e. The molecule has 0 aliphatic heterocycles. The zero-order chi connectivity index (χ0) is 14.7. The van der Waals surface area contributed by atoms with E-state index in [0.29, 0.717) is 0 Å². The summed E-state index contributed by atoms with van der Waals surface area (Å²) < 4.78 is 5.25. The number of methoxy groups -OCH3 is 1. The van der Waals surface area contributed by atoms with Gasteiger partial charge in [0.2, 0.25) is 0 Å². The van der Waals surface area contributed by atoms with Gasteiger partial charge in [0.15, 0.2) is 0 Å². The summed E-state index contributed by atoms with van der Waals surface area (Å²) in [5.74, 6) is 0.896. The average molecular weight is 298 g/mol. The fraction of sp³-hybridized carbons (Fsp3) is 0.235. The molecule has 21 heavy (non-hydrogen) atoms. The molecule has 108 valence electrons. The van der Waals surface area contributed by atoms with E-state index in [-0.39, 0.29) is 0 Å². The number of fused-ring (bicyclic) bond motifs is 1. The molecule has 0 radical (unpaired) electrons. The predicted molar refractivity (Wildman–Crippen MR) is 87.9 cm³/mol. The van der Waals surface area contributed by atoms with Crippen LogP contribution in [0.3, 0.4) is 0 Å². The van der Waals surface area contributed by atoms with Crippen molar-refractivity contribution in [2.24, 2.45) is 0 Å². The summed E-state index contributed by atoms with van der Waals surface area (Å²) >= 11 is 1.69. The number of nitrogens with zero attached hydrogens (tertiary/aromatic N) is 1. The molecular formula is C17H18N2OS. The Bertz CT molecular complexity index is 751. The van der Waals surface area contributed by atoms with Crippen LogP contribution in [0.15, 0.2) is 41.8 Å². The quantitative estimate of drug-likeness (QED) is 0.775. The molecule has 4 heteroatoms. The molecule has 0 amide bonds. The van der Waals surface area contributed by atoms with E-state index in [1.165, 1.54) is 16.3 Å². The van der Waals surface area contributed by atoms with Crippen LogP contribution in [0.5, 0.6) is 5.75 Å². The van der Waals surface area contributed by atoms with Gasteiger partial charge in [-0.25, -0.2) is 4.98 Å². The van der Waals surface area contributed by atoms with Gasteiger partial charge in [0, 0.05) is 18.5 Å². The number of aromatic nitrogens is 1. The van der Waals surface area contributed by atoms with Gasteiger partial charge in [0.25, 0.3) is 0 Å². The highest BCUT2D eigenvalue weighted by molar-refractivity contribution is 7.09. The van der Waals surface area contributed by atoms with E-state index in [1.54, 1.807) is 18.4 Å². The number of ether oxygens (including phenoxy) is 1. The number of nitrogens with one attached hydrogen (secondary N) is 1. The first-order valence-electron chi connectivity index (χ1n) is 6.93. The number of benzene rings is 2. The zero-order valence-corrected chi connectivity index (χ0v) is 13.0. The Hall–Kier alpha value is -1.91. The van der Waals surface area contributed by atoms with Crippen LogP contribution in [0.4, 0.5) is 0 Å². The van der Waals surface area contributed by atoms with E-state index in [0.717, 1.165) is 29.5 Å². The summed E-state index contributed by atoms with van der Waals surface area (Å²) in [6, 6.07) is 12.7. The molecule has 0 unspecified atom stereocenters. The van der Waals surface area contributed by atoms with Gasteiger partial charge in [0.05, 0.1) is 17.8 Å². The molecule has 3 aromatic rings. The number of rotatable bonds is 5. The lowest BCUT2D eigenvalue weighted by Crippen LogP contribution is -2.12. The highest BCUT2D eigenvalue weighted by atomic mass is 32.1. The van der Waals surface area contributed by atoms with Gasteiger partial charge >= 0.3 is 0 Å². The second kappa shape index (κ2) is 6.24. The highest BCUT2D eigenvalue weighted by Crippen LogP contribution is 2.21. The lowest BCUT2D eigenvalue weighted by Gasteiger charge is -2.06. The molecule has 1 N–H and O–H groups in total. The van der Waals surface area contributed by atoms with Gasteiger partial charge in [-0.05, 0) is 41.5 Å². The molecule has 0 fully saturated rings. The smallest absolute Gasteiger partial charge is 0.119 e. The molecule has 0 saturated carbocycles.